The van der Waals surface area contributed by atoms with Crippen molar-refractivity contribution in [3.05, 3.63) is 0 Å². The van der Waals surface area contributed by atoms with Gasteiger partial charge in [-0.3, -0.25) is 4.79 Å². The molecule has 0 aliphatic heterocycles. The average molecular weight is 205 g/mol. The minimum atomic E-state index is -0.833. The van der Waals surface area contributed by atoms with E-state index in [9.17, 15) is 0 Å². The van der Waals surface area contributed by atoms with Crippen molar-refractivity contribution in [1.29, 1.82) is 0 Å². The standard InChI is InChI=1S/C6H14.C2H4O2.Co/c1-3-5-6-4-2;1-2(3)4;/h3-6H2,1-2H3;1H3,(H,3,4);. The third kappa shape index (κ3) is 71.6. The second-order valence-corrected chi connectivity index (χ2v) is 2.23. The van der Waals surface area contributed by atoms with Crippen molar-refractivity contribution in [2.45, 2.75) is 46.5 Å². The number of carboxylic acids is 1. The van der Waals surface area contributed by atoms with Crippen molar-refractivity contribution < 1.29 is 26.7 Å². The van der Waals surface area contributed by atoms with E-state index in [-0.39, 0.29) is 16.8 Å². The number of aliphatic carboxylic acids is 1. The van der Waals surface area contributed by atoms with Crippen LogP contribution in [0.3, 0.4) is 0 Å². The van der Waals surface area contributed by atoms with Crippen LogP contribution < -0.4 is 0 Å². The molecule has 0 aliphatic carbocycles. The Morgan fingerprint density at radius 3 is 1.45 bits per heavy atom. The molecule has 0 saturated heterocycles. The summed E-state index contributed by atoms with van der Waals surface area (Å²) in [5.41, 5.74) is 0. The predicted octanol–water partition coefficient (Wildman–Crippen LogP) is 2.68. The van der Waals surface area contributed by atoms with Crippen LogP contribution in [-0.2, 0) is 21.6 Å². The molecule has 1 radical (unpaired) electrons. The topological polar surface area (TPSA) is 37.3 Å². The number of carbonyl (C=O) groups is 1. The molecule has 1 N–H and O–H groups in total. The Morgan fingerprint density at radius 1 is 1.18 bits per heavy atom. The van der Waals surface area contributed by atoms with Gasteiger partial charge in [0.15, 0.2) is 0 Å². The second-order valence-electron chi connectivity index (χ2n) is 2.23. The Labute approximate surface area is 79.6 Å². The molecular formula is C8H18CoO2. The Kier molecular flexibility index (Phi) is 25.8. The van der Waals surface area contributed by atoms with Gasteiger partial charge in [-0.25, -0.2) is 0 Å². The summed E-state index contributed by atoms with van der Waals surface area (Å²) in [5.74, 6) is -0.833. The molecule has 11 heavy (non-hydrogen) atoms. The quantitative estimate of drug-likeness (QED) is 0.719. The van der Waals surface area contributed by atoms with Crippen molar-refractivity contribution in [3.63, 3.8) is 0 Å². The SMILES string of the molecule is CC(=O)O.CCCCCC.[Co]. The van der Waals surface area contributed by atoms with Crippen molar-refractivity contribution in [2.75, 3.05) is 0 Å². The zero-order chi connectivity index (χ0) is 8.41. The van der Waals surface area contributed by atoms with Crippen molar-refractivity contribution >= 4 is 5.97 Å². The molecule has 0 unspecified atom stereocenters. The van der Waals surface area contributed by atoms with E-state index in [4.69, 9.17) is 9.90 Å². The maximum atomic E-state index is 9.00. The van der Waals surface area contributed by atoms with Gasteiger partial charge in [-0.2, -0.15) is 0 Å². The zero-order valence-electron chi connectivity index (χ0n) is 7.52. The Hall–Kier alpha value is -0.0235. The van der Waals surface area contributed by atoms with E-state index < -0.39 is 5.97 Å². The van der Waals surface area contributed by atoms with Crippen LogP contribution in [0, 0.1) is 0 Å². The number of hydrogen-bond acceptors (Lipinski definition) is 1. The van der Waals surface area contributed by atoms with Gasteiger partial charge in [-0.15, -0.1) is 0 Å². The van der Waals surface area contributed by atoms with Gasteiger partial charge in [-0.1, -0.05) is 39.5 Å². The van der Waals surface area contributed by atoms with Gasteiger partial charge in [-0.05, 0) is 0 Å². The zero-order valence-corrected chi connectivity index (χ0v) is 8.56. The molecule has 0 fully saturated rings. The minimum absolute atomic E-state index is 0. The minimum Gasteiger partial charge on any atom is -0.481 e. The molecule has 0 amide bonds. The molecular weight excluding hydrogens is 187 g/mol. The van der Waals surface area contributed by atoms with Crippen LogP contribution in [0.2, 0.25) is 0 Å². The van der Waals surface area contributed by atoms with Crippen molar-refractivity contribution in [1.82, 2.24) is 0 Å². The van der Waals surface area contributed by atoms with Gasteiger partial charge in [0.1, 0.15) is 0 Å². The first-order valence-electron chi connectivity index (χ1n) is 3.84. The van der Waals surface area contributed by atoms with E-state index >= 15 is 0 Å². The molecule has 0 saturated carbocycles. The van der Waals surface area contributed by atoms with Crippen LogP contribution in [0.1, 0.15) is 46.5 Å². The summed E-state index contributed by atoms with van der Waals surface area (Å²) in [7, 11) is 0. The molecule has 0 spiro atoms. The summed E-state index contributed by atoms with van der Waals surface area (Å²) < 4.78 is 0. The molecule has 0 bridgehead atoms. The largest absolute Gasteiger partial charge is 0.481 e. The molecule has 3 heteroatoms. The van der Waals surface area contributed by atoms with E-state index in [1.807, 2.05) is 0 Å². The fourth-order valence-corrected chi connectivity index (χ4v) is 0.500. The Morgan fingerprint density at radius 2 is 1.36 bits per heavy atom. The van der Waals surface area contributed by atoms with Gasteiger partial charge in [0.25, 0.3) is 5.97 Å². The summed E-state index contributed by atoms with van der Waals surface area (Å²) in [6.45, 7) is 5.55. The molecule has 0 aromatic rings. The van der Waals surface area contributed by atoms with Gasteiger partial charge in [0.05, 0.1) is 0 Å². The number of carboxylic acid groups (broad SMARTS) is 1. The average Bonchev–Trinajstić information content (AvgIpc) is 1.82. The summed E-state index contributed by atoms with van der Waals surface area (Å²) >= 11 is 0. The first-order chi connectivity index (χ1) is 4.65. The summed E-state index contributed by atoms with van der Waals surface area (Å²) in [4.78, 5) is 9.00. The molecule has 0 rings (SSSR count). The summed E-state index contributed by atoms with van der Waals surface area (Å²) in [5, 5.41) is 7.42. The third-order valence-electron chi connectivity index (χ3n) is 0.957. The van der Waals surface area contributed by atoms with E-state index in [1.165, 1.54) is 25.7 Å². The molecule has 71 valence electrons. The normalized spacial score (nSPS) is 7.18. The summed E-state index contributed by atoms with van der Waals surface area (Å²) in [6.07, 6.45) is 5.54. The second kappa shape index (κ2) is 16.5. The van der Waals surface area contributed by atoms with E-state index in [0.29, 0.717) is 0 Å². The maximum Gasteiger partial charge on any atom is 0.300 e. The van der Waals surface area contributed by atoms with Gasteiger partial charge < -0.3 is 5.11 Å². The third-order valence-corrected chi connectivity index (χ3v) is 0.957. The van der Waals surface area contributed by atoms with Gasteiger partial charge in [0, 0.05) is 23.7 Å². The number of hydrogen-bond donors (Lipinski definition) is 1. The van der Waals surface area contributed by atoms with E-state index in [2.05, 4.69) is 13.8 Å². The molecule has 0 aromatic heterocycles. The van der Waals surface area contributed by atoms with Crippen molar-refractivity contribution in [3.8, 4) is 0 Å². The van der Waals surface area contributed by atoms with Crippen LogP contribution in [0.15, 0.2) is 0 Å². The molecule has 2 nitrogen and oxygen atoms in total. The first kappa shape index (κ1) is 17.2. The molecule has 0 aromatic carbocycles. The van der Waals surface area contributed by atoms with Gasteiger partial charge in [0.2, 0.25) is 0 Å². The van der Waals surface area contributed by atoms with Crippen LogP contribution >= 0.6 is 0 Å². The predicted molar refractivity (Wildman–Crippen MR) is 43.1 cm³/mol. The molecule has 0 atom stereocenters. The molecule has 0 heterocycles. The fraction of sp³-hybridized carbons (Fsp3) is 0.875. The smallest absolute Gasteiger partial charge is 0.300 e. The van der Waals surface area contributed by atoms with Crippen LogP contribution in [0.4, 0.5) is 0 Å². The first-order valence-corrected chi connectivity index (χ1v) is 3.84. The van der Waals surface area contributed by atoms with Crippen LogP contribution in [-0.4, -0.2) is 11.1 Å². The maximum absolute atomic E-state index is 9.00. The van der Waals surface area contributed by atoms with E-state index in [0.717, 1.165) is 6.92 Å². The Bertz CT molecular complexity index is 66.5. The van der Waals surface area contributed by atoms with Gasteiger partial charge >= 0.3 is 0 Å². The fourth-order valence-electron chi connectivity index (χ4n) is 0.500. The van der Waals surface area contributed by atoms with Crippen LogP contribution in [0.25, 0.3) is 0 Å². The summed E-state index contributed by atoms with van der Waals surface area (Å²) in [6, 6.07) is 0. The number of unbranched alkanes of at least 4 members (excludes halogenated alkanes) is 3. The Balaban J connectivity index is -0.000000114. The monoisotopic (exact) mass is 205 g/mol. The van der Waals surface area contributed by atoms with Crippen LogP contribution in [0.5, 0.6) is 0 Å². The van der Waals surface area contributed by atoms with Crippen molar-refractivity contribution in [2.24, 2.45) is 0 Å². The number of rotatable bonds is 3. The molecule has 0 aliphatic rings. The van der Waals surface area contributed by atoms with E-state index in [1.54, 1.807) is 0 Å².